The van der Waals surface area contributed by atoms with Crippen molar-refractivity contribution in [3.8, 4) is 0 Å². The summed E-state index contributed by atoms with van der Waals surface area (Å²) in [6.07, 6.45) is 0.665. The number of amidine groups is 2. The van der Waals surface area contributed by atoms with Gasteiger partial charge in [-0.25, -0.2) is 9.98 Å². The highest BCUT2D eigenvalue weighted by Crippen LogP contribution is 2.29. The van der Waals surface area contributed by atoms with Crippen molar-refractivity contribution >= 4 is 28.8 Å². The van der Waals surface area contributed by atoms with Crippen LogP contribution in [0.3, 0.4) is 0 Å². The first-order valence-corrected chi connectivity index (χ1v) is 10.3. The van der Waals surface area contributed by atoms with Crippen molar-refractivity contribution < 1.29 is 0 Å². The molecule has 1 aliphatic heterocycles. The highest BCUT2D eigenvalue weighted by molar-refractivity contribution is 6.12. The van der Waals surface area contributed by atoms with Crippen molar-refractivity contribution in [2.45, 2.75) is 74.9 Å². The Morgan fingerprint density at radius 2 is 1.69 bits per heavy atom. The van der Waals surface area contributed by atoms with Crippen molar-refractivity contribution in [1.29, 1.82) is 0 Å². The maximum atomic E-state index is 4.95. The van der Waals surface area contributed by atoms with E-state index in [1.165, 1.54) is 0 Å². The van der Waals surface area contributed by atoms with E-state index in [1.807, 2.05) is 14.0 Å². The molecular weight excluding hydrogens is 358 g/mol. The summed E-state index contributed by atoms with van der Waals surface area (Å²) in [5, 5.41) is 3.49. The molecule has 5 heteroatoms. The first kappa shape index (κ1) is 23.0. The Balaban J connectivity index is 2.46. The number of aryl methyl sites for hydroxylation is 1. The van der Waals surface area contributed by atoms with Gasteiger partial charge in [-0.15, -0.1) is 0 Å². The fourth-order valence-corrected chi connectivity index (χ4v) is 2.94. The summed E-state index contributed by atoms with van der Waals surface area (Å²) in [6.45, 7) is 19.2. The third-order valence-corrected chi connectivity index (χ3v) is 4.91. The largest absolute Gasteiger partial charge is 0.328 e. The van der Waals surface area contributed by atoms with Crippen molar-refractivity contribution in [2.75, 3.05) is 7.05 Å². The standard InChI is InChI=1S/C24H37N5/c1-15-11-12-18(14-19(15)26-17(3)13-16(2)25-10)20-27-21(23(4,5)6)29-22(28-20)24(7,8)9/h11-12,14,21H,13H2,1-10H3,(H,27,28,29). The molecule has 0 saturated heterocycles. The lowest BCUT2D eigenvalue weighted by Gasteiger charge is -2.33. The number of aliphatic imine (C=N–C) groups is 4. The molecule has 29 heavy (non-hydrogen) atoms. The molecule has 1 atom stereocenters. The van der Waals surface area contributed by atoms with E-state index >= 15 is 0 Å². The van der Waals surface area contributed by atoms with E-state index in [4.69, 9.17) is 15.0 Å². The Bertz CT molecular complexity index is 874. The van der Waals surface area contributed by atoms with Crippen molar-refractivity contribution in [3.63, 3.8) is 0 Å². The first-order chi connectivity index (χ1) is 13.3. The minimum atomic E-state index is -0.119. The zero-order chi connectivity index (χ0) is 22.0. The number of hydrogen-bond acceptors (Lipinski definition) is 5. The predicted octanol–water partition coefficient (Wildman–Crippen LogP) is 5.73. The van der Waals surface area contributed by atoms with Crippen LogP contribution in [0, 0.1) is 17.8 Å². The van der Waals surface area contributed by atoms with Gasteiger partial charge in [-0.05, 0) is 32.4 Å². The van der Waals surface area contributed by atoms with Gasteiger partial charge >= 0.3 is 0 Å². The van der Waals surface area contributed by atoms with Gasteiger partial charge in [-0.3, -0.25) is 9.98 Å². The monoisotopic (exact) mass is 395 g/mol. The number of nitrogens with one attached hydrogen (secondary N) is 1. The van der Waals surface area contributed by atoms with E-state index in [0.717, 1.165) is 46.3 Å². The molecule has 0 aromatic heterocycles. The van der Waals surface area contributed by atoms with Gasteiger partial charge in [0.1, 0.15) is 17.8 Å². The zero-order valence-electron chi connectivity index (χ0n) is 19.8. The van der Waals surface area contributed by atoms with Gasteiger partial charge < -0.3 is 5.32 Å². The lowest BCUT2D eigenvalue weighted by atomic mass is 9.89. The van der Waals surface area contributed by atoms with Gasteiger partial charge in [0.25, 0.3) is 0 Å². The molecule has 1 heterocycles. The average molecular weight is 396 g/mol. The fourth-order valence-electron chi connectivity index (χ4n) is 2.94. The van der Waals surface area contributed by atoms with Gasteiger partial charge in [0.05, 0.1) is 5.69 Å². The van der Waals surface area contributed by atoms with E-state index in [2.05, 4.69) is 83.9 Å². The molecule has 1 unspecified atom stereocenters. The third kappa shape index (κ3) is 6.09. The van der Waals surface area contributed by atoms with Crippen molar-refractivity contribution in [2.24, 2.45) is 30.8 Å². The summed E-state index contributed by atoms with van der Waals surface area (Å²) in [5.41, 5.74) is 5.16. The van der Waals surface area contributed by atoms with E-state index in [1.54, 1.807) is 0 Å². The van der Waals surface area contributed by atoms with Crippen LogP contribution >= 0.6 is 0 Å². The lowest BCUT2D eigenvalue weighted by molar-refractivity contribution is 0.325. The van der Waals surface area contributed by atoms with Gasteiger partial charge in [-0.1, -0.05) is 53.7 Å². The normalized spacial score (nSPS) is 18.9. The number of rotatable bonds is 4. The average Bonchev–Trinajstić information content (AvgIpc) is 2.61. The van der Waals surface area contributed by atoms with Crippen LogP contribution < -0.4 is 5.32 Å². The second kappa shape index (κ2) is 8.60. The van der Waals surface area contributed by atoms with Crippen molar-refractivity contribution in [1.82, 2.24) is 5.32 Å². The van der Waals surface area contributed by atoms with E-state index in [9.17, 15) is 0 Å². The Morgan fingerprint density at radius 3 is 2.24 bits per heavy atom. The molecule has 0 amide bonds. The molecule has 5 nitrogen and oxygen atoms in total. The number of benzene rings is 1. The molecule has 1 aliphatic rings. The maximum Gasteiger partial charge on any atom is 0.148 e. The molecule has 158 valence electrons. The van der Waals surface area contributed by atoms with E-state index in [-0.39, 0.29) is 17.0 Å². The molecule has 1 aromatic rings. The van der Waals surface area contributed by atoms with Gasteiger partial charge in [0.15, 0.2) is 0 Å². The molecule has 2 rings (SSSR count). The van der Waals surface area contributed by atoms with Crippen LogP contribution in [-0.2, 0) is 0 Å². The Hall–Kier alpha value is -2.30. The van der Waals surface area contributed by atoms with Crippen LogP contribution in [0.2, 0.25) is 0 Å². The minimum absolute atomic E-state index is 0.0524. The van der Waals surface area contributed by atoms with Crippen LogP contribution in [0.25, 0.3) is 0 Å². The Labute approximate surface area is 176 Å². The summed E-state index contributed by atoms with van der Waals surface area (Å²) in [6, 6.07) is 6.34. The van der Waals surface area contributed by atoms with Gasteiger partial charge in [0.2, 0.25) is 0 Å². The quantitative estimate of drug-likeness (QED) is 0.650. The summed E-state index contributed by atoms with van der Waals surface area (Å²) in [4.78, 5) is 19.0. The van der Waals surface area contributed by atoms with Gasteiger partial charge in [0, 0.05) is 41.3 Å². The van der Waals surface area contributed by atoms with E-state index in [0.29, 0.717) is 0 Å². The third-order valence-electron chi connectivity index (χ3n) is 4.91. The maximum absolute atomic E-state index is 4.95. The lowest BCUT2D eigenvalue weighted by Crippen LogP contribution is -2.46. The zero-order valence-corrected chi connectivity index (χ0v) is 19.8. The molecule has 0 radical (unpaired) electrons. The second-order valence-electron chi connectivity index (χ2n) is 10.1. The highest BCUT2D eigenvalue weighted by atomic mass is 15.2. The van der Waals surface area contributed by atoms with Gasteiger partial charge in [-0.2, -0.15) is 0 Å². The molecule has 0 fully saturated rings. The molecule has 0 saturated carbocycles. The first-order valence-electron chi connectivity index (χ1n) is 10.3. The predicted molar refractivity (Wildman–Crippen MR) is 127 cm³/mol. The molecule has 0 aliphatic carbocycles. The summed E-state index contributed by atoms with van der Waals surface area (Å²) < 4.78 is 0. The summed E-state index contributed by atoms with van der Waals surface area (Å²) in [5.74, 6) is 1.84. The molecule has 0 spiro atoms. The molecule has 1 aromatic carbocycles. The number of nitrogens with zero attached hydrogens (tertiary/aromatic N) is 4. The van der Waals surface area contributed by atoms with Crippen molar-refractivity contribution in [3.05, 3.63) is 29.3 Å². The smallest absolute Gasteiger partial charge is 0.148 e. The Kier molecular flexibility index (Phi) is 6.82. The van der Waals surface area contributed by atoms with Crippen LogP contribution in [-0.4, -0.2) is 36.3 Å². The molecular formula is C24H37N5. The number of hydrogen-bond donors (Lipinski definition) is 1. The Morgan fingerprint density at radius 1 is 1.03 bits per heavy atom. The van der Waals surface area contributed by atoms with Crippen LogP contribution in [0.1, 0.15) is 72.9 Å². The van der Waals surface area contributed by atoms with E-state index < -0.39 is 0 Å². The SMILES string of the molecule is CN=C(C)CC(C)=Nc1cc(C2=NC(C(C)(C)C)N=C(C(C)(C)C)N2)ccc1C. The minimum Gasteiger partial charge on any atom is -0.328 e. The second-order valence-corrected chi connectivity index (χ2v) is 10.1. The summed E-state index contributed by atoms with van der Waals surface area (Å²) in [7, 11) is 1.82. The molecule has 1 N–H and O–H groups in total. The van der Waals surface area contributed by atoms with Crippen LogP contribution in [0.5, 0.6) is 0 Å². The summed E-state index contributed by atoms with van der Waals surface area (Å²) >= 11 is 0. The van der Waals surface area contributed by atoms with Crippen LogP contribution in [0.15, 0.2) is 38.2 Å². The molecule has 0 bridgehead atoms. The highest BCUT2D eigenvalue weighted by Gasteiger charge is 2.32. The fraction of sp³-hybridized carbons (Fsp3) is 0.583. The topological polar surface area (TPSA) is 61.5 Å². The van der Waals surface area contributed by atoms with Crippen LogP contribution in [0.4, 0.5) is 5.69 Å².